The number of hydrogen-bond acceptors (Lipinski definition) is 1. The standard InChI is InChI=1S/C11H13ClN2O/c1-2-13-11(15)14-6-5-8-7-9(12)3-4-10(8)14/h3-4,7H,2,5-6H2,1H3,(H,13,15). The molecule has 0 bridgehead atoms. The van der Waals surface area contributed by atoms with Crippen LogP contribution in [-0.4, -0.2) is 19.1 Å². The van der Waals surface area contributed by atoms with Crippen LogP contribution in [0.3, 0.4) is 0 Å². The van der Waals surface area contributed by atoms with Gasteiger partial charge in [-0.15, -0.1) is 0 Å². The van der Waals surface area contributed by atoms with E-state index in [1.165, 1.54) is 0 Å². The zero-order valence-corrected chi connectivity index (χ0v) is 9.34. The molecular formula is C11H13ClN2O. The minimum Gasteiger partial charge on any atom is -0.338 e. The fourth-order valence-corrected chi connectivity index (χ4v) is 2.02. The van der Waals surface area contributed by atoms with Crippen molar-refractivity contribution in [3.63, 3.8) is 0 Å². The molecule has 0 atom stereocenters. The maximum absolute atomic E-state index is 11.7. The number of carbonyl (C=O) groups is 1. The van der Waals surface area contributed by atoms with Crippen LogP contribution in [0.15, 0.2) is 18.2 Å². The molecule has 3 nitrogen and oxygen atoms in total. The van der Waals surface area contributed by atoms with Crippen molar-refractivity contribution in [3.8, 4) is 0 Å². The third kappa shape index (κ3) is 1.92. The number of rotatable bonds is 1. The van der Waals surface area contributed by atoms with E-state index in [2.05, 4.69) is 5.32 Å². The predicted molar refractivity (Wildman–Crippen MR) is 61.6 cm³/mol. The smallest absolute Gasteiger partial charge is 0.321 e. The second kappa shape index (κ2) is 4.11. The Bertz CT molecular complexity index is 392. The summed E-state index contributed by atoms with van der Waals surface area (Å²) in [6.45, 7) is 3.30. The topological polar surface area (TPSA) is 32.3 Å². The van der Waals surface area contributed by atoms with Crippen molar-refractivity contribution in [1.29, 1.82) is 0 Å². The van der Waals surface area contributed by atoms with Crippen LogP contribution in [0.2, 0.25) is 5.02 Å². The van der Waals surface area contributed by atoms with Crippen LogP contribution in [0.1, 0.15) is 12.5 Å². The molecule has 1 aromatic carbocycles. The van der Waals surface area contributed by atoms with E-state index < -0.39 is 0 Å². The number of benzene rings is 1. The second-order valence-corrected chi connectivity index (χ2v) is 3.95. The van der Waals surface area contributed by atoms with Gasteiger partial charge in [0.1, 0.15) is 0 Å². The molecule has 15 heavy (non-hydrogen) atoms. The second-order valence-electron chi connectivity index (χ2n) is 3.51. The monoisotopic (exact) mass is 224 g/mol. The van der Waals surface area contributed by atoms with Crippen molar-refractivity contribution in [1.82, 2.24) is 5.32 Å². The lowest BCUT2D eigenvalue weighted by Gasteiger charge is -2.17. The molecule has 0 spiro atoms. The summed E-state index contributed by atoms with van der Waals surface area (Å²) < 4.78 is 0. The van der Waals surface area contributed by atoms with Gasteiger partial charge in [-0.1, -0.05) is 11.6 Å². The Morgan fingerprint density at radius 3 is 3.13 bits per heavy atom. The highest BCUT2D eigenvalue weighted by Gasteiger charge is 2.23. The first-order valence-electron chi connectivity index (χ1n) is 5.06. The first-order valence-corrected chi connectivity index (χ1v) is 5.44. The largest absolute Gasteiger partial charge is 0.338 e. The molecule has 0 aromatic heterocycles. The van der Waals surface area contributed by atoms with Crippen LogP contribution in [-0.2, 0) is 6.42 Å². The lowest BCUT2D eigenvalue weighted by Crippen LogP contribution is -2.38. The molecule has 4 heteroatoms. The van der Waals surface area contributed by atoms with Gasteiger partial charge in [0.15, 0.2) is 0 Å². The number of anilines is 1. The summed E-state index contributed by atoms with van der Waals surface area (Å²) in [5, 5.41) is 3.53. The molecule has 1 heterocycles. The maximum Gasteiger partial charge on any atom is 0.321 e. The highest BCUT2D eigenvalue weighted by atomic mass is 35.5. The lowest BCUT2D eigenvalue weighted by molar-refractivity contribution is 0.247. The summed E-state index contributed by atoms with van der Waals surface area (Å²) >= 11 is 5.89. The van der Waals surface area contributed by atoms with E-state index in [1.807, 2.05) is 25.1 Å². The van der Waals surface area contributed by atoms with Crippen LogP contribution in [0.25, 0.3) is 0 Å². The van der Waals surface area contributed by atoms with E-state index in [4.69, 9.17) is 11.6 Å². The van der Waals surface area contributed by atoms with Crippen molar-refractivity contribution < 1.29 is 4.79 Å². The van der Waals surface area contributed by atoms with Crippen LogP contribution < -0.4 is 10.2 Å². The number of urea groups is 1. The Morgan fingerprint density at radius 1 is 1.60 bits per heavy atom. The number of nitrogens with zero attached hydrogens (tertiary/aromatic N) is 1. The average molecular weight is 225 g/mol. The van der Waals surface area contributed by atoms with E-state index >= 15 is 0 Å². The lowest BCUT2D eigenvalue weighted by atomic mass is 10.2. The fraction of sp³-hybridized carbons (Fsp3) is 0.364. The first-order chi connectivity index (χ1) is 7.22. The molecule has 1 N–H and O–H groups in total. The molecule has 0 saturated heterocycles. The Kier molecular flexibility index (Phi) is 2.82. The van der Waals surface area contributed by atoms with Crippen LogP contribution in [0.4, 0.5) is 10.5 Å². The van der Waals surface area contributed by atoms with E-state index in [9.17, 15) is 4.79 Å². The zero-order valence-electron chi connectivity index (χ0n) is 8.59. The van der Waals surface area contributed by atoms with Crippen molar-refractivity contribution >= 4 is 23.3 Å². The van der Waals surface area contributed by atoms with Gasteiger partial charge in [-0.05, 0) is 37.1 Å². The summed E-state index contributed by atoms with van der Waals surface area (Å²) in [5.41, 5.74) is 2.12. The molecule has 0 fully saturated rings. The Morgan fingerprint density at radius 2 is 2.40 bits per heavy atom. The SMILES string of the molecule is CCNC(=O)N1CCc2cc(Cl)ccc21. The van der Waals surface area contributed by atoms with Crippen molar-refractivity contribution in [2.75, 3.05) is 18.0 Å². The number of fused-ring (bicyclic) bond motifs is 1. The van der Waals surface area contributed by atoms with E-state index in [1.54, 1.807) is 4.90 Å². The number of carbonyl (C=O) groups excluding carboxylic acids is 1. The highest BCUT2D eigenvalue weighted by Crippen LogP contribution is 2.30. The van der Waals surface area contributed by atoms with E-state index in [0.717, 1.165) is 29.2 Å². The Hall–Kier alpha value is -1.22. The normalized spacial score (nSPS) is 13.9. The van der Waals surface area contributed by atoms with Gasteiger partial charge in [0.2, 0.25) is 0 Å². The average Bonchev–Trinajstić information content (AvgIpc) is 2.60. The van der Waals surface area contributed by atoms with Gasteiger partial charge in [0.05, 0.1) is 0 Å². The fourth-order valence-electron chi connectivity index (χ4n) is 1.83. The number of halogens is 1. The summed E-state index contributed by atoms with van der Waals surface area (Å²) in [5.74, 6) is 0. The van der Waals surface area contributed by atoms with Gasteiger partial charge in [-0.2, -0.15) is 0 Å². The van der Waals surface area contributed by atoms with Crippen molar-refractivity contribution in [2.24, 2.45) is 0 Å². The molecule has 1 aromatic rings. The van der Waals surface area contributed by atoms with Crippen LogP contribution in [0, 0.1) is 0 Å². The highest BCUT2D eigenvalue weighted by molar-refractivity contribution is 6.30. The predicted octanol–water partition coefficient (Wildman–Crippen LogP) is 2.43. The molecular weight excluding hydrogens is 212 g/mol. The van der Waals surface area contributed by atoms with Crippen molar-refractivity contribution in [2.45, 2.75) is 13.3 Å². The molecule has 0 radical (unpaired) electrons. The molecule has 0 aliphatic carbocycles. The van der Waals surface area contributed by atoms with E-state index in [-0.39, 0.29) is 6.03 Å². The van der Waals surface area contributed by atoms with Gasteiger partial charge in [0, 0.05) is 23.8 Å². The minimum atomic E-state index is -0.0291. The van der Waals surface area contributed by atoms with Gasteiger partial charge in [-0.25, -0.2) is 4.79 Å². The van der Waals surface area contributed by atoms with Crippen molar-refractivity contribution in [3.05, 3.63) is 28.8 Å². The maximum atomic E-state index is 11.7. The number of amides is 2. The summed E-state index contributed by atoms with van der Waals surface area (Å²) in [6.07, 6.45) is 0.882. The quantitative estimate of drug-likeness (QED) is 0.781. The number of hydrogen-bond donors (Lipinski definition) is 1. The molecule has 2 amide bonds. The third-order valence-corrected chi connectivity index (χ3v) is 2.75. The number of nitrogens with one attached hydrogen (secondary N) is 1. The van der Waals surface area contributed by atoms with Gasteiger partial charge in [-0.3, -0.25) is 4.90 Å². The zero-order chi connectivity index (χ0) is 10.8. The minimum absolute atomic E-state index is 0.0291. The van der Waals surface area contributed by atoms with E-state index in [0.29, 0.717) is 6.54 Å². The molecule has 0 saturated carbocycles. The molecule has 1 aliphatic rings. The molecule has 1 aliphatic heterocycles. The van der Waals surface area contributed by atoms with Crippen LogP contribution >= 0.6 is 11.6 Å². The van der Waals surface area contributed by atoms with Crippen LogP contribution in [0.5, 0.6) is 0 Å². The summed E-state index contributed by atoms with van der Waals surface area (Å²) in [4.78, 5) is 13.4. The van der Waals surface area contributed by atoms with Gasteiger partial charge < -0.3 is 5.32 Å². The molecule has 80 valence electrons. The summed E-state index contributed by atoms with van der Waals surface area (Å²) in [6, 6.07) is 5.62. The third-order valence-electron chi connectivity index (χ3n) is 2.51. The first kappa shape index (κ1) is 10.3. The van der Waals surface area contributed by atoms with Gasteiger partial charge in [0.25, 0.3) is 0 Å². The Labute approximate surface area is 94.0 Å². The molecule has 0 unspecified atom stereocenters. The summed E-state index contributed by atoms with van der Waals surface area (Å²) in [7, 11) is 0. The van der Waals surface area contributed by atoms with Gasteiger partial charge >= 0.3 is 6.03 Å². The molecule has 2 rings (SSSR count). The Balaban J connectivity index is 2.25.